The van der Waals surface area contributed by atoms with Crippen molar-refractivity contribution in [2.24, 2.45) is 0 Å². The summed E-state index contributed by atoms with van der Waals surface area (Å²) in [5.41, 5.74) is 2.20. The molecule has 23 heavy (non-hydrogen) atoms. The van der Waals surface area contributed by atoms with E-state index in [1.807, 2.05) is 24.4 Å². The van der Waals surface area contributed by atoms with Crippen molar-refractivity contribution in [2.75, 3.05) is 13.2 Å². The van der Waals surface area contributed by atoms with Crippen molar-refractivity contribution < 1.29 is 5.11 Å². The number of pyridine rings is 1. The summed E-state index contributed by atoms with van der Waals surface area (Å²) in [6.07, 6.45) is 4.60. The summed E-state index contributed by atoms with van der Waals surface area (Å²) >= 11 is 5.56. The Hall–Kier alpha value is -1.92. The fourth-order valence-corrected chi connectivity index (χ4v) is 3.52. The lowest BCUT2D eigenvalue weighted by molar-refractivity contribution is 0.243. The van der Waals surface area contributed by atoms with Gasteiger partial charge in [0.05, 0.1) is 17.8 Å². The zero-order valence-electron chi connectivity index (χ0n) is 13.2. The Morgan fingerprint density at radius 3 is 2.87 bits per heavy atom. The van der Waals surface area contributed by atoms with Crippen LogP contribution in [0, 0.1) is 0 Å². The van der Waals surface area contributed by atoms with Gasteiger partial charge < -0.3 is 19.9 Å². The van der Waals surface area contributed by atoms with E-state index < -0.39 is 0 Å². The third-order valence-corrected chi connectivity index (χ3v) is 4.62. The number of aliphatic hydroxyl groups is 1. The maximum Gasteiger partial charge on any atom is 0.170 e. The van der Waals surface area contributed by atoms with Crippen molar-refractivity contribution in [1.82, 2.24) is 19.8 Å². The number of aliphatic hydroxyl groups excluding tert-OH is 1. The fourth-order valence-electron chi connectivity index (χ4n) is 3.19. The van der Waals surface area contributed by atoms with Crippen molar-refractivity contribution in [3.8, 4) is 0 Å². The smallest absolute Gasteiger partial charge is 0.170 e. The van der Waals surface area contributed by atoms with Crippen molar-refractivity contribution in [3.63, 3.8) is 0 Å². The van der Waals surface area contributed by atoms with Gasteiger partial charge in [0.25, 0.3) is 0 Å². The van der Waals surface area contributed by atoms with Gasteiger partial charge in [-0.15, -0.1) is 0 Å². The Labute approximate surface area is 142 Å². The van der Waals surface area contributed by atoms with E-state index in [2.05, 4.69) is 45.0 Å². The van der Waals surface area contributed by atoms with E-state index >= 15 is 0 Å². The Bertz CT molecular complexity index is 658. The van der Waals surface area contributed by atoms with Crippen molar-refractivity contribution in [3.05, 3.63) is 54.1 Å². The molecule has 1 saturated heterocycles. The van der Waals surface area contributed by atoms with Gasteiger partial charge in [-0.3, -0.25) is 4.98 Å². The molecule has 0 unspecified atom stereocenters. The minimum absolute atomic E-state index is 0.0163. The highest BCUT2D eigenvalue weighted by atomic mass is 32.1. The van der Waals surface area contributed by atoms with Gasteiger partial charge in [0.15, 0.2) is 5.11 Å². The third-order valence-electron chi connectivity index (χ3n) is 4.26. The number of hydrogen-bond acceptors (Lipinski definition) is 3. The van der Waals surface area contributed by atoms with Crippen LogP contribution in [-0.4, -0.2) is 37.8 Å². The summed E-state index contributed by atoms with van der Waals surface area (Å²) in [4.78, 5) is 6.69. The van der Waals surface area contributed by atoms with Crippen LogP contribution in [0.25, 0.3) is 0 Å². The van der Waals surface area contributed by atoms with Gasteiger partial charge in [-0.2, -0.15) is 0 Å². The second-order valence-electron chi connectivity index (χ2n) is 5.62. The highest BCUT2D eigenvalue weighted by molar-refractivity contribution is 7.80. The van der Waals surface area contributed by atoms with Gasteiger partial charge in [-0.05, 0) is 49.8 Å². The van der Waals surface area contributed by atoms with Crippen molar-refractivity contribution in [1.29, 1.82) is 0 Å². The lowest BCUT2D eigenvalue weighted by Gasteiger charge is -2.28. The Balaban J connectivity index is 2.00. The number of aryl methyl sites for hydroxylation is 1. The molecule has 0 spiro atoms. The summed E-state index contributed by atoms with van der Waals surface area (Å²) in [5, 5.41) is 13.3. The summed E-state index contributed by atoms with van der Waals surface area (Å²) in [6.45, 7) is 3.94. The van der Waals surface area contributed by atoms with Gasteiger partial charge >= 0.3 is 0 Å². The third kappa shape index (κ3) is 3.09. The number of thiocarbonyl (C=S) groups is 1. The molecule has 0 aromatic carbocycles. The zero-order chi connectivity index (χ0) is 16.2. The lowest BCUT2D eigenvalue weighted by atomic mass is 10.0. The second kappa shape index (κ2) is 7.10. The van der Waals surface area contributed by atoms with Crippen LogP contribution in [0.5, 0.6) is 0 Å². The zero-order valence-corrected chi connectivity index (χ0v) is 14.0. The van der Waals surface area contributed by atoms with Gasteiger partial charge in [0.1, 0.15) is 0 Å². The standard InChI is InChI=1S/C17H22N4OS/c1-2-20-10-5-8-14(20)16-15(13-7-3-4-9-18-13)19-17(23)21(16)11-6-12-22/h3-5,7-10,15-16,22H,2,6,11-12H2,1H3,(H,19,23)/t15-,16+/m1/s1. The van der Waals surface area contributed by atoms with Crippen LogP contribution in [0.2, 0.25) is 0 Å². The lowest BCUT2D eigenvalue weighted by Crippen LogP contribution is -2.31. The summed E-state index contributed by atoms with van der Waals surface area (Å²) < 4.78 is 2.24. The van der Waals surface area contributed by atoms with Crippen LogP contribution in [0.1, 0.15) is 36.8 Å². The molecule has 6 heteroatoms. The highest BCUT2D eigenvalue weighted by Gasteiger charge is 2.40. The normalized spacial score (nSPS) is 20.8. The summed E-state index contributed by atoms with van der Waals surface area (Å²) in [6, 6.07) is 10.3. The van der Waals surface area contributed by atoms with Crippen LogP contribution in [0.4, 0.5) is 0 Å². The largest absolute Gasteiger partial charge is 0.396 e. The molecular formula is C17H22N4OS. The SMILES string of the molecule is CCn1cccc1[C@H]1[C@@H](c2ccccn2)NC(=S)N1CCCO. The van der Waals surface area contributed by atoms with Crippen LogP contribution in [-0.2, 0) is 6.54 Å². The molecule has 0 aliphatic carbocycles. The number of aromatic nitrogens is 2. The van der Waals surface area contributed by atoms with Crippen LogP contribution in [0.3, 0.4) is 0 Å². The summed E-state index contributed by atoms with van der Waals surface area (Å²) in [7, 11) is 0. The molecule has 2 aromatic heterocycles. The van der Waals surface area contributed by atoms with Crippen LogP contribution < -0.4 is 5.32 Å². The minimum atomic E-state index is 0.0163. The summed E-state index contributed by atoms with van der Waals surface area (Å²) in [5.74, 6) is 0. The first-order valence-electron chi connectivity index (χ1n) is 8.00. The van der Waals surface area contributed by atoms with Crippen LogP contribution in [0.15, 0.2) is 42.7 Å². The average Bonchev–Trinajstić information content (AvgIpc) is 3.17. The van der Waals surface area contributed by atoms with Gasteiger partial charge in [0, 0.05) is 37.8 Å². The van der Waals surface area contributed by atoms with E-state index in [0.717, 1.165) is 23.9 Å². The second-order valence-corrected chi connectivity index (χ2v) is 6.00. The molecule has 0 radical (unpaired) electrons. The first-order chi connectivity index (χ1) is 11.3. The molecule has 3 heterocycles. The maximum atomic E-state index is 9.21. The molecule has 2 aromatic rings. The monoisotopic (exact) mass is 330 g/mol. The highest BCUT2D eigenvalue weighted by Crippen LogP contribution is 2.38. The Morgan fingerprint density at radius 2 is 2.17 bits per heavy atom. The molecule has 0 saturated carbocycles. The van der Waals surface area contributed by atoms with E-state index in [1.165, 1.54) is 5.69 Å². The Morgan fingerprint density at radius 1 is 1.30 bits per heavy atom. The molecule has 0 bridgehead atoms. The van der Waals surface area contributed by atoms with Gasteiger partial charge in [-0.1, -0.05) is 6.07 Å². The molecule has 2 atom stereocenters. The minimum Gasteiger partial charge on any atom is -0.396 e. The van der Waals surface area contributed by atoms with Crippen molar-refractivity contribution >= 4 is 17.3 Å². The van der Waals surface area contributed by atoms with E-state index in [0.29, 0.717) is 6.42 Å². The Kier molecular flexibility index (Phi) is 4.93. The molecule has 1 aliphatic rings. The van der Waals surface area contributed by atoms with E-state index in [-0.39, 0.29) is 18.7 Å². The fraction of sp³-hybridized carbons (Fsp3) is 0.412. The van der Waals surface area contributed by atoms with E-state index in [4.69, 9.17) is 12.2 Å². The number of nitrogens with zero attached hydrogens (tertiary/aromatic N) is 3. The molecule has 1 aliphatic heterocycles. The predicted octanol–water partition coefficient (Wildman–Crippen LogP) is 2.26. The van der Waals surface area contributed by atoms with Crippen molar-refractivity contribution in [2.45, 2.75) is 32.0 Å². The molecule has 1 fully saturated rings. The molecular weight excluding hydrogens is 308 g/mol. The van der Waals surface area contributed by atoms with E-state index in [1.54, 1.807) is 0 Å². The molecule has 0 amide bonds. The molecule has 5 nitrogen and oxygen atoms in total. The molecule has 3 rings (SSSR count). The topological polar surface area (TPSA) is 53.3 Å². The number of nitrogens with one attached hydrogen (secondary N) is 1. The van der Waals surface area contributed by atoms with Gasteiger partial charge in [0.2, 0.25) is 0 Å². The predicted molar refractivity (Wildman–Crippen MR) is 94.0 cm³/mol. The molecule has 2 N–H and O–H groups in total. The number of rotatable bonds is 6. The van der Waals surface area contributed by atoms with E-state index in [9.17, 15) is 5.11 Å². The first kappa shape index (κ1) is 16.0. The van der Waals surface area contributed by atoms with Crippen LogP contribution >= 0.6 is 12.2 Å². The van der Waals surface area contributed by atoms with Gasteiger partial charge in [-0.25, -0.2) is 0 Å². The first-order valence-corrected chi connectivity index (χ1v) is 8.41. The molecule has 122 valence electrons. The number of hydrogen-bond donors (Lipinski definition) is 2. The quantitative estimate of drug-likeness (QED) is 0.796. The maximum absolute atomic E-state index is 9.21. The average molecular weight is 330 g/mol.